The number of carbonyl (C=O) groups is 1. The number of esters is 1. The van der Waals surface area contributed by atoms with Crippen LogP contribution in [0.4, 0.5) is 0 Å². The van der Waals surface area contributed by atoms with Crippen molar-refractivity contribution in [1.29, 1.82) is 0 Å². The third kappa shape index (κ3) is 4.26. The Morgan fingerprint density at radius 3 is 2.54 bits per heavy atom. The highest BCUT2D eigenvalue weighted by Crippen LogP contribution is 2.36. The number of aryl methyl sites for hydroxylation is 1. The minimum Gasteiger partial charge on any atom is -0.493 e. The number of carbonyl (C=O) groups excluding carboxylic acids is 1. The van der Waals surface area contributed by atoms with Gasteiger partial charge in [0.25, 0.3) is 5.89 Å². The minimum absolute atomic E-state index is 0.162. The molecule has 1 heterocycles. The summed E-state index contributed by atoms with van der Waals surface area (Å²) < 4.78 is 20.7. The summed E-state index contributed by atoms with van der Waals surface area (Å²) in [5, 5.41) is 4.16. The number of aromatic nitrogens is 2. The molecular formula is C20H19ClN2O5. The molecule has 28 heavy (non-hydrogen) atoms. The van der Waals surface area contributed by atoms with Crippen LogP contribution in [-0.2, 0) is 17.8 Å². The molecule has 0 unspecified atom stereocenters. The molecule has 0 saturated carbocycles. The summed E-state index contributed by atoms with van der Waals surface area (Å²) in [6, 6.07) is 10.8. The van der Waals surface area contributed by atoms with Crippen LogP contribution in [0.1, 0.15) is 28.7 Å². The third-order valence-electron chi connectivity index (χ3n) is 4.08. The molecule has 0 aliphatic carbocycles. The molecule has 3 rings (SSSR count). The van der Waals surface area contributed by atoms with Gasteiger partial charge in [0.2, 0.25) is 5.82 Å². The van der Waals surface area contributed by atoms with Crippen LogP contribution in [0, 0.1) is 0 Å². The molecule has 0 aliphatic rings. The molecule has 0 spiro atoms. The van der Waals surface area contributed by atoms with Crippen molar-refractivity contribution in [3.05, 3.63) is 58.4 Å². The Labute approximate surface area is 167 Å². The summed E-state index contributed by atoms with van der Waals surface area (Å²) in [5.41, 5.74) is 2.26. The standard InChI is InChI=1S/C20H19ClN2O5/c1-4-12-5-7-13(8-6-12)19-22-17(28-23-19)11-27-20(24)14-9-15(21)18(26-3)16(10-14)25-2/h5-10H,4,11H2,1-3H3. The zero-order chi connectivity index (χ0) is 20.1. The second-order valence-corrected chi connectivity index (χ2v) is 6.24. The topological polar surface area (TPSA) is 83.7 Å². The molecule has 3 aromatic rings. The van der Waals surface area contributed by atoms with E-state index in [9.17, 15) is 4.79 Å². The molecule has 7 nitrogen and oxygen atoms in total. The average Bonchev–Trinajstić information content (AvgIpc) is 3.20. The first-order chi connectivity index (χ1) is 13.5. The van der Waals surface area contributed by atoms with Crippen LogP contribution in [-0.4, -0.2) is 30.3 Å². The number of hydrogen-bond donors (Lipinski definition) is 0. The Morgan fingerprint density at radius 1 is 1.14 bits per heavy atom. The predicted molar refractivity (Wildman–Crippen MR) is 103 cm³/mol. The van der Waals surface area contributed by atoms with Gasteiger partial charge in [-0.05, 0) is 24.1 Å². The molecule has 1 aromatic heterocycles. The Morgan fingerprint density at radius 2 is 1.89 bits per heavy atom. The van der Waals surface area contributed by atoms with Crippen molar-refractivity contribution in [3.8, 4) is 22.9 Å². The van der Waals surface area contributed by atoms with Crippen LogP contribution in [0.15, 0.2) is 40.9 Å². The molecule has 0 aliphatic heterocycles. The Kier molecular flexibility index (Phi) is 6.16. The molecule has 2 aromatic carbocycles. The van der Waals surface area contributed by atoms with Gasteiger partial charge in [0.05, 0.1) is 24.8 Å². The van der Waals surface area contributed by atoms with Gasteiger partial charge < -0.3 is 18.7 Å². The number of rotatable bonds is 7. The molecule has 8 heteroatoms. The van der Waals surface area contributed by atoms with E-state index in [0.717, 1.165) is 12.0 Å². The van der Waals surface area contributed by atoms with Crippen molar-refractivity contribution >= 4 is 17.6 Å². The maximum atomic E-state index is 12.3. The second-order valence-electron chi connectivity index (χ2n) is 5.83. The van der Waals surface area contributed by atoms with Crippen LogP contribution in [0.25, 0.3) is 11.4 Å². The Bertz CT molecular complexity index is 969. The first-order valence-electron chi connectivity index (χ1n) is 8.56. The number of hydrogen-bond acceptors (Lipinski definition) is 7. The number of ether oxygens (including phenoxy) is 3. The lowest BCUT2D eigenvalue weighted by molar-refractivity contribution is 0.0429. The average molecular weight is 403 g/mol. The van der Waals surface area contributed by atoms with Crippen LogP contribution < -0.4 is 9.47 Å². The number of methoxy groups -OCH3 is 2. The highest BCUT2D eigenvalue weighted by Gasteiger charge is 2.17. The number of halogens is 1. The fraction of sp³-hybridized carbons (Fsp3) is 0.250. The van der Waals surface area contributed by atoms with E-state index >= 15 is 0 Å². The maximum absolute atomic E-state index is 12.3. The predicted octanol–water partition coefficient (Wildman–Crippen LogP) is 4.33. The van der Waals surface area contributed by atoms with Gasteiger partial charge in [-0.3, -0.25) is 0 Å². The third-order valence-corrected chi connectivity index (χ3v) is 4.37. The van der Waals surface area contributed by atoms with Crippen LogP contribution in [0.5, 0.6) is 11.5 Å². The highest BCUT2D eigenvalue weighted by molar-refractivity contribution is 6.32. The molecule has 0 fully saturated rings. The molecule has 0 atom stereocenters. The van der Waals surface area contributed by atoms with Gasteiger partial charge >= 0.3 is 5.97 Å². The first-order valence-corrected chi connectivity index (χ1v) is 8.94. The van der Waals surface area contributed by atoms with E-state index in [4.69, 9.17) is 30.3 Å². The zero-order valence-electron chi connectivity index (χ0n) is 15.7. The largest absolute Gasteiger partial charge is 0.493 e. The SMILES string of the molecule is CCc1ccc(-c2noc(COC(=O)c3cc(Cl)c(OC)c(OC)c3)n2)cc1. The summed E-state index contributed by atoms with van der Waals surface area (Å²) in [6.07, 6.45) is 0.952. The number of nitrogens with zero attached hydrogens (tertiary/aromatic N) is 2. The lowest BCUT2D eigenvalue weighted by Crippen LogP contribution is -2.06. The first kappa shape index (κ1) is 19.7. The van der Waals surface area contributed by atoms with Crippen LogP contribution in [0.2, 0.25) is 5.02 Å². The fourth-order valence-corrected chi connectivity index (χ4v) is 2.85. The van der Waals surface area contributed by atoms with E-state index in [-0.39, 0.29) is 23.1 Å². The van der Waals surface area contributed by atoms with Gasteiger partial charge in [0, 0.05) is 5.56 Å². The van der Waals surface area contributed by atoms with E-state index in [2.05, 4.69) is 17.1 Å². The van der Waals surface area contributed by atoms with Crippen molar-refractivity contribution in [1.82, 2.24) is 10.1 Å². The van der Waals surface area contributed by atoms with Gasteiger partial charge in [-0.25, -0.2) is 4.79 Å². The highest BCUT2D eigenvalue weighted by atomic mass is 35.5. The lowest BCUT2D eigenvalue weighted by atomic mass is 10.1. The summed E-state index contributed by atoms with van der Waals surface area (Å²) in [7, 11) is 2.92. The van der Waals surface area contributed by atoms with Gasteiger partial charge in [-0.15, -0.1) is 0 Å². The van der Waals surface area contributed by atoms with Crippen LogP contribution >= 0.6 is 11.6 Å². The molecule has 0 saturated heterocycles. The van der Waals surface area contributed by atoms with Crippen molar-refractivity contribution in [2.75, 3.05) is 14.2 Å². The number of benzene rings is 2. The normalized spacial score (nSPS) is 10.6. The van der Waals surface area contributed by atoms with Gasteiger partial charge in [-0.1, -0.05) is 47.9 Å². The lowest BCUT2D eigenvalue weighted by Gasteiger charge is -2.11. The van der Waals surface area contributed by atoms with Crippen LogP contribution in [0.3, 0.4) is 0 Å². The zero-order valence-corrected chi connectivity index (χ0v) is 16.4. The molecular weight excluding hydrogens is 384 g/mol. The quantitative estimate of drug-likeness (QED) is 0.544. The summed E-state index contributed by atoms with van der Waals surface area (Å²) in [6.45, 7) is 1.92. The van der Waals surface area contributed by atoms with Crippen molar-refractivity contribution in [2.45, 2.75) is 20.0 Å². The smallest absolute Gasteiger partial charge is 0.338 e. The van der Waals surface area contributed by atoms with E-state index < -0.39 is 5.97 Å². The summed E-state index contributed by atoms with van der Waals surface area (Å²) in [4.78, 5) is 16.6. The van der Waals surface area contributed by atoms with E-state index in [1.165, 1.54) is 31.9 Å². The molecule has 0 bridgehead atoms. The van der Waals surface area contributed by atoms with Crippen molar-refractivity contribution < 1.29 is 23.5 Å². The Balaban J connectivity index is 1.68. The molecule has 0 N–H and O–H groups in total. The maximum Gasteiger partial charge on any atom is 0.338 e. The van der Waals surface area contributed by atoms with E-state index in [1.54, 1.807) is 0 Å². The summed E-state index contributed by atoms with van der Waals surface area (Å²) >= 11 is 6.11. The van der Waals surface area contributed by atoms with E-state index in [1.807, 2.05) is 24.3 Å². The Hall–Kier alpha value is -3.06. The van der Waals surface area contributed by atoms with Gasteiger partial charge in [0.1, 0.15) is 0 Å². The van der Waals surface area contributed by atoms with E-state index in [0.29, 0.717) is 17.3 Å². The van der Waals surface area contributed by atoms with Crippen molar-refractivity contribution in [3.63, 3.8) is 0 Å². The van der Waals surface area contributed by atoms with Gasteiger partial charge in [-0.2, -0.15) is 4.98 Å². The minimum atomic E-state index is -0.602. The van der Waals surface area contributed by atoms with Gasteiger partial charge in [0.15, 0.2) is 18.1 Å². The molecule has 0 radical (unpaired) electrons. The second kappa shape index (κ2) is 8.75. The van der Waals surface area contributed by atoms with Crippen molar-refractivity contribution in [2.24, 2.45) is 0 Å². The monoisotopic (exact) mass is 402 g/mol. The fourth-order valence-electron chi connectivity index (χ4n) is 2.57. The summed E-state index contributed by atoms with van der Waals surface area (Å²) in [5.74, 6) is 0.696. The molecule has 0 amide bonds. The molecule has 146 valence electrons.